The molecule has 2 aromatic carbocycles. The largest absolute Gasteiger partial charge is 0.379 e. The molecule has 1 heterocycles. The van der Waals surface area contributed by atoms with E-state index in [1.54, 1.807) is 24.3 Å². The van der Waals surface area contributed by atoms with Gasteiger partial charge in [-0.15, -0.1) is 0 Å². The topological polar surface area (TPSA) is 69.8 Å². The lowest BCUT2D eigenvalue weighted by atomic mass is 10.2. The van der Waals surface area contributed by atoms with E-state index in [1.807, 2.05) is 30.3 Å². The number of rotatable bonds is 5. The Labute approximate surface area is 147 Å². The van der Waals surface area contributed by atoms with Crippen LogP contribution < -0.4 is 0 Å². The molecule has 0 atom stereocenters. The first-order valence-electron chi connectivity index (χ1n) is 8.08. The fraction of sp³-hybridized carbons (Fsp3) is 0.278. The first kappa shape index (κ1) is 17.6. The van der Waals surface area contributed by atoms with E-state index in [4.69, 9.17) is 4.74 Å². The molecular weight excluding hydrogens is 340 g/mol. The highest BCUT2D eigenvalue weighted by molar-refractivity contribution is 7.89. The number of benzene rings is 2. The summed E-state index contributed by atoms with van der Waals surface area (Å²) in [5, 5.41) is 10.2. The summed E-state index contributed by atoms with van der Waals surface area (Å²) in [6.07, 6.45) is 1.44. The smallest absolute Gasteiger partial charge is 0.244 e. The van der Waals surface area contributed by atoms with Crippen molar-refractivity contribution in [2.45, 2.75) is 11.4 Å². The quantitative estimate of drug-likeness (QED) is 0.381. The monoisotopic (exact) mass is 361 g/mol. The Morgan fingerprint density at radius 3 is 2.40 bits per heavy atom. The van der Waals surface area contributed by atoms with Crippen molar-refractivity contribution in [2.75, 3.05) is 26.3 Å². The SMILES string of the molecule is O=S(=O)(c1ccccc1/C=[N+](\O)Cc1ccccc1)N1CCOCC1. The van der Waals surface area contributed by atoms with Crippen LogP contribution in [-0.2, 0) is 21.3 Å². The van der Waals surface area contributed by atoms with Crippen LogP contribution in [0.3, 0.4) is 0 Å². The molecule has 0 amide bonds. The van der Waals surface area contributed by atoms with Crippen LogP contribution in [0, 0.1) is 0 Å². The highest BCUT2D eigenvalue weighted by atomic mass is 32.2. The average Bonchev–Trinajstić information content (AvgIpc) is 2.63. The lowest BCUT2D eigenvalue weighted by Gasteiger charge is -2.26. The van der Waals surface area contributed by atoms with Gasteiger partial charge >= 0.3 is 0 Å². The Kier molecular flexibility index (Phi) is 5.47. The van der Waals surface area contributed by atoms with Gasteiger partial charge in [0.25, 0.3) is 0 Å². The number of ether oxygens (including phenoxy) is 1. The van der Waals surface area contributed by atoms with E-state index in [0.29, 0.717) is 31.9 Å². The summed E-state index contributed by atoms with van der Waals surface area (Å²) in [5.41, 5.74) is 1.38. The van der Waals surface area contributed by atoms with E-state index in [-0.39, 0.29) is 11.4 Å². The second-order valence-electron chi connectivity index (χ2n) is 5.77. The summed E-state index contributed by atoms with van der Waals surface area (Å²) in [5.74, 6) is 0. The molecule has 0 bridgehead atoms. The van der Waals surface area contributed by atoms with Crippen molar-refractivity contribution in [1.29, 1.82) is 0 Å². The first-order valence-corrected chi connectivity index (χ1v) is 9.52. The van der Waals surface area contributed by atoms with Crippen molar-refractivity contribution < 1.29 is 23.1 Å². The Balaban J connectivity index is 1.89. The molecule has 1 fully saturated rings. The zero-order chi connectivity index (χ0) is 17.7. The van der Waals surface area contributed by atoms with Crippen molar-refractivity contribution in [2.24, 2.45) is 0 Å². The van der Waals surface area contributed by atoms with Crippen LogP contribution in [0.2, 0.25) is 0 Å². The Morgan fingerprint density at radius 1 is 1.04 bits per heavy atom. The number of nitrogens with zero attached hydrogens (tertiary/aromatic N) is 2. The summed E-state index contributed by atoms with van der Waals surface area (Å²) in [4.78, 5) is 0.184. The van der Waals surface area contributed by atoms with Crippen molar-refractivity contribution in [3.63, 3.8) is 0 Å². The number of hydrogen-bond acceptors (Lipinski definition) is 4. The summed E-state index contributed by atoms with van der Waals surface area (Å²) in [6.45, 7) is 1.73. The van der Waals surface area contributed by atoms with Crippen LogP contribution >= 0.6 is 0 Å². The summed E-state index contributed by atoms with van der Waals surface area (Å²) >= 11 is 0. The van der Waals surface area contributed by atoms with Gasteiger partial charge in [-0.1, -0.05) is 42.5 Å². The van der Waals surface area contributed by atoms with E-state index in [2.05, 4.69) is 0 Å². The number of morpholine rings is 1. The maximum absolute atomic E-state index is 12.9. The molecule has 1 aliphatic heterocycles. The van der Waals surface area contributed by atoms with E-state index in [9.17, 15) is 13.6 Å². The molecule has 25 heavy (non-hydrogen) atoms. The molecule has 1 saturated heterocycles. The van der Waals surface area contributed by atoms with Crippen LogP contribution in [0.5, 0.6) is 0 Å². The fourth-order valence-electron chi connectivity index (χ4n) is 2.72. The molecule has 0 radical (unpaired) electrons. The third kappa shape index (κ3) is 4.25. The minimum atomic E-state index is -3.63. The third-order valence-electron chi connectivity index (χ3n) is 3.98. The van der Waals surface area contributed by atoms with Crippen molar-refractivity contribution in [3.8, 4) is 0 Å². The molecule has 1 aliphatic rings. The predicted octanol–water partition coefficient (Wildman–Crippen LogP) is 1.73. The van der Waals surface area contributed by atoms with Gasteiger partial charge in [-0.25, -0.2) is 8.42 Å². The van der Waals surface area contributed by atoms with Gasteiger partial charge in [-0.05, 0) is 16.9 Å². The Hall–Kier alpha value is -2.22. The van der Waals surface area contributed by atoms with Crippen LogP contribution in [0.15, 0.2) is 59.5 Å². The van der Waals surface area contributed by atoms with Crippen LogP contribution in [0.4, 0.5) is 0 Å². The van der Waals surface area contributed by atoms with Gasteiger partial charge in [0.05, 0.1) is 23.7 Å². The molecule has 1 N–H and O–H groups in total. The van der Waals surface area contributed by atoms with E-state index < -0.39 is 10.0 Å². The second kappa shape index (κ2) is 7.77. The molecule has 3 rings (SSSR count). The standard InChI is InChI=1S/C18H21N2O4S/c21-19(14-16-6-2-1-3-7-16)15-17-8-4-5-9-18(17)25(22,23)20-10-12-24-13-11-20/h1-9,15,21H,10-14H2/q+1/b19-15-. The number of hydrogen-bond donors (Lipinski definition) is 1. The molecule has 0 aliphatic carbocycles. The van der Waals surface area contributed by atoms with Gasteiger partial charge in [0.1, 0.15) is 0 Å². The van der Waals surface area contributed by atoms with Gasteiger partial charge in [0.15, 0.2) is 0 Å². The number of hydroxylamine groups is 1. The molecule has 132 valence electrons. The Bertz CT molecular complexity index is 844. The summed E-state index contributed by atoms with van der Waals surface area (Å²) in [6, 6.07) is 16.2. The molecule has 7 heteroatoms. The van der Waals surface area contributed by atoms with Gasteiger partial charge in [0, 0.05) is 18.7 Å². The van der Waals surface area contributed by atoms with Crippen molar-refractivity contribution in [3.05, 3.63) is 65.7 Å². The number of sulfonamides is 1. The second-order valence-corrected chi connectivity index (χ2v) is 7.67. The van der Waals surface area contributed by atoms with Crippen LogP contribution in [-0.4, -0.2) is 55.2 Å². The lowest BCUT2D eigenvalue weighted by Crippen LogP contribution is -2.41. The third-order valence-corrected chi connectivity index (χ3v) is 5.95. The summed E-state index contributed by atoms with van der Waals surface area (Å²) in [7, 11) is -3.63. The van der Waals surface area contributed by atoms with Gasteiger partial charge in [-0.3, -0.25) is 5.21 Å². The normalized spacial score (nSPS) is 16.7. The van der Waals surface area contributed by atoms with E-state index in [0.717, 1.165) is 10.3 Å². The Morgan fingerprint density at radius 2 is 1.68 bits per heavy atom. The highest BCUT2D eigenvalue weighted by Crippen LogP contribution is 2.20. The first-order chi connectivity index (χ1) is 12.1. The average molecular weight is 361 g/mol. The summed E-state index contributed by atoms with van der Waals surface area (Å²) < 4.78 is 33.4. The van der Waals surface area contributed by atoms with E-state index in [1.165, 1.54) is 10.5 Å². The van der Waals surface area contributed by atoms with Gasteiger partial charge in [0.2, 0.25) is 22.8 Å². The molecule has 2 aromatic rings. The molecule has 0 spiro atoms. The molecule has 0 unspecified atom stereocenters. The minimum absolute atomic E-state index is 0.184. The molecule has 0 saturated carbocycles. The van der Waals surface area contributed by atoms with Gasteiger partial charge < -0.3 is 4.74 Å². The van der Waals surface area contributed by atoms with E-state index >= 15 is 0 Å². The minimum Gasteiger partial charge on any atom is -0.379 e. The fourth-order valence-corrected chi connectivity index (χ4v) is 4.30. The maximum atomic E-state index is 12.9. The van der Waals surface area contributed by atoms with Crippen molar-refractivity contribution in [1.82, 2.24) is 4.31 Å². The van der Waals surface area contributed by atoms with Crippen LogP contribution in [0.25, 0.3) is 0 Å². The zero-order valence-corrected chi connectivity index (χ0v) is 14.6. The highest BCUT2D eigenvalue weighted by Gasteiger charge is 2.28. The molecule has 0 aromatic heterocycles. The van der Waals surface area contributed by atoms with Crippen molar-refractivity contribution >= 4 is 16.2 Å². The maximum Gasteiger partial charge on any atom is 0.244 e. The molecular formula is C18H21N2O4S+. The predicted molar refractivity (Wildman–Crippen MR) is 93.4 cm³/mol. The lowest BCUT2D eigenvalue weighted by molar-refractivity contribution is -0.783. The van der Waals surface area contributed by atoms with Crippen LogP contribution in [0.1, 0.15) is 11.1 Å². The van der Waals surface area contributed by atoms with Gasteiger partial charge in [-0.2, -0.15) is 4.31 Å². The zero-order valence-electron chi connectivity index (χ0n) is 13.8. The molecule has 6 nitrogen and oxygen atoms in total.